The first-order chi connectivity index (χ1) is 8.31. The first-order valence-corrected chi connectivity index (χ1v) is 6.07. The largest absolute Gasteiger partial charge is 0.453 e. The maximum absolute atomic E-state index is 11.7. The molecule has 2 aliphatic heterocycles. The number of ether oxygens (including phenoxy) is 1. The summed E-state index contributed by atoms with van der Waals surface area (Å²) in [5, 5.41) is 0. The Morgan fingerprint density at radius 2 is 2.41 bits per heavy atom. The smallest absolute Gasteiger partial charge is 0.410 e. The Bertz CT molecular complexity index is 421. The van der Waals surface area contributed by atoms with Crippen LogP contribution in [-0.2, 0) is 4.74 Å². The molecule has 3 rings (SSSR count). The van der Waals surface area contributed by atoms with Gasteiger partial charge in [0.15, 0.2) is 0 Å². The zero-order chi connectivity index (χ0) is 11.8. The van der Waals surface area contributed by atoms with Gasteiger partial charge in [-0.25, -0.2) is 4.79 Å². The third kappa shape index (κ3) is 1.59. The normalized spacial score (nSPS) is 30.6. The number of amides is 1. The van der Waals surface area contributed by atoms with E-state index in [1.54, 1.807) is 6.20 Å². The van der Waals surface area contributed by atoms with Crippen molar-refractivity contribution in [2.45, 2.75) is 37.3 Å². The van der Waals surface area contributed by atoms with Gasteiger partial charge in [0.2, 0.25) is 0 Å². The fraction of sp³-hybridized carbons (Fsp3) is 0.538. The Kier molecular flexibility index (Phi) is 2.50. The molecule has 0 N–H and O–H groups in total. The summed E-state index contributed by atoms with van der Waals surface area (Å²) in [4.78, 5) is 17.8. The van der Waals surface area contributed by atoms with Crippen molar-refractivity contribution in [3.8, 4) is 0 Å². The second-order valence-corrected chi connectivity index (χ2v) is 4.80. The van der Waals surface area contributed by atoms with Gasteiger partial charge in [-0.3, -0.25) is 4.98 Å². The molecule has 17 heavy (non-hydrogen) atoms. The van der Waals surface area contributed by atoms with Gasteiger partial charge in [0.1, 0.15) is 0 Å². The van der Waals surface area contributed by atoms with E-state index in [-0.39, 0.29) is 6.09 Å². The van der Waals surface area contributed by atoms with Crippen molar-refractivity contribution in [2.75, 3.05) is 7.11 Å². The zero-order valence-corrected chi connectivity index (χ0v) is 9.87. The molecule has 3 heterocycles. The number of aromatic nitrogens is 1. The lowest BCUT2D eigenvalue weighted by molar-refractivity contribution is 0.116. The SMILES string of the molecule is COC(=O)N1C2CCC1C(c1cccnc1)C2. The highest BCUT2D eigenvalue weighted by Gasteiger charge is 2.49. The third-order valence-electron chi connectivity index (χ3n) is 4.03. The molecule has 3 unspecified atom stereocenters. The van der Waals surface area contributed by atoms with E-state index in [0.29, 0.717) is 18.0 Å². The molecule has 2 bridgehead atoms. The summed E-state index contributed by atoms with van der Waals surface area (Å²) in [7, 11) is 1.46. The number of fused-ring (bicyclic) bond motifs is 2. The predicted octanol–water partition coefficient (Wildman–Crippen LogP) is 2.17. The van der Waals surface area contributed by atoms with Crippen LogP contribution >= 0.6 is 0 Å². The fourth-order valence-electron chi connectivity index (χ4n) is 3.33. The third-order valence-corrected chi connectivity index (χ3v) is 4.03. The van der Waals surface area contributed by atoms with E-state index in [1.807, 2.05) is 17.2 Å². The van der Waals surface area contributed by atoms with Crippen LogP contribution in [-0.4, -0.2) is 35.2 Å². The van der Waals surface area contributed by atoms with Gasteiger partial charge in [0.25, 0.3) is 0 Å². The number of pyridine rings is 1. The van der Waals surface area contributed by atoms with Crippen LogP contribution in [0.2, 0.25) is 0 Å². The molecule has 90 valence electrons. The molecule has 0 saturated carbocycles. The van der Waals surface area contributed by atoms with Gasteiger partial charge in [0, 0.05) is 30.4 Å². The zero-order valence-electron chi connectivity index (χ0n) is 9.87. The van der Waals surface area contributed by atoms with E-state index in [1.165, 1.54) is 12.7 Å². The number of hydrogen-bond acceptors (Lipinski definition) is 3. The Balaban J connectivity index is 1.86. The van der Waals surface area contributed by atoms with Crippen molar-refractivity contribution in [1.29, 1.82) is 0 Å². The van der Waals surface area contributed by atoms with Crippen LogP contribution in [0.1, 0.15) is 30.7 Å². The van der Waals surface area contributed by atoms with Gasteiger partial charge in [-0.1, -0.05) is 6.07 Å². The molecule has 2 aliphatic rings. The number of hydrogen-bond donors (Lipinski definition) is 0. The molecular weight excluding hydrogens is 216 g/mol. The quantitative estimate of drug-likeness (QED) is 0.745. The minimum Gasteiger partial charge on any atom is -0.453 e. The van der Waals surface area contributed by atoms with Crippen molar-refractivity contribution in [1.82, 2.24) is 9.88 Å². The Labute approximate surface area is 101 Å². The fourth-order valence-corrected chi connectivity index (χ4v) is 3.33. The molecule has 1 amide bonds. The molecule has 0 radical (unpaired) electrons. The Morgan fingerprint density at radius 1 is 1.53 bits per heavy atom. The number of nitrogens with zero attached hydrogens (tertiary/aromatic N) is 2. The second kappa shape index (κ2) is 4.02. The van der Waals surface area contributed by atoms with Gasteiger partial charge in [-0.05, 0) is 30.9 Å². The summed E-state index contributed by atoms with van der Waals surface area (Å²) < 4.78 is 4.87. The second-order valence-electron chi connectivity index (χ2n) is 4.80. The maximum Gasteiger partial charge on any atom is 0.410 e. The molecule has 1 aromatic heterocycles. The van der Waals surface area contributed by atoms with Gasteiger partial charge in [-0.2, -0.15) is 0 Å². The number of carbonyl (C=O) groups is 1. The monoisotopic (exact) mass is 232 g/mol. The summed E-state index contributed by atoms with van der Waals surface area (Å²) in [5.74, 6) is 0.432. The number of rotatable bonds is 1. The first kappa shape index (κ1) is 10.6. The van der Waals surface area contributed by atoms with Crippen molar-refractivity contribution in [2.24, 2.45) is 0 Å². The molecule has 2 saturated heterocycles. The van der Waals surface area contributed by atoms with Gasteiger partial charge >= 0.3 is 6.09 Å². The number of carbonyl (C=O) groups excluding carboxylic acids is 1. The van der Waals surface area contributed by atoms with Crippen LogP contribution in [0.3, 0.4) is 0 Å². The molecule has 4 heteroatoms. The lowest BCUT2D eigenvalue weighted by atomic mass is 9.85. The highest BCUT2D eigenvalue weighted by Crippen LogP contribution is 2.46. The lowest BCUT2D eigenvalue weighted by Crippen LogP contribution is -2.35. The molecule has 0 spiro atoms. The minimum atomic E-state index is -0.177. The van der Waals surface area contributed by atoms with Crippen LogP contribution in [0.4, 0.5) is 4.79 Å². The van der Waals surface area contributed by atoms with E-state index in [4.69, 9.17) is 4.74 Å². The summed E-state index contributed by atoms with van der Waals surface area (Å²) in [5.41, 5.74) is 1.24. The minimum absolute atomic E-state index is 0.177. The predicted molar refractivity (Wildman–Crippen MR) is 62.6 cm³/mol. The lowest BCUT2D eigenvalue weighted by Gasteiger charge is -2.23. The van der Waals surface area contributed by atoms with E-state index < -0.39 is 0 Å². The first-order valence-electron chi connectivity index (χ1n) is 6.07. The highest BCUT2D eigenvalue weighted by molar-refractivity contribution is 5.69. The molecule has 4 nitrogen and oxygen atoms in total. The molecule has 0 aromatic carbocycles. The molecular formula is C13H16N2O2. The molecule has 3 atom stereocenters. The molecule has 2 fully saturated rings. The summed E-state index contributed by atoms with van der Waals surface area (Å²) in [6.45, 7) is 0. The maximum atomic E-state index is 11.7. The van der Waals surface area contributed by atoms with Gasteiger partial charge in [-0.15, -0.1) is 0 Å². The van der Waals surface area contributed by atoms with Crippen LogP contribution < -0.4 is 0 Å². The van der Waals surface area contributed by atoms with Crippen molar-refractivity contribution >= 4 is 6.09 Å². The summed E-state index contributed by atoms with van der Waals surface area (Å²) >= 11 is 0. The standard InChI is InChI=1S/C13H16N2O2/c1-17-13(16)15-10-4-5-12(15)11(7-10)9-3-2-6-14-8-9/h2-3,6,8,10-12H,4-5,7H2,1H3. The topological polar surface area (TPSA) is 42.4 Å². The van der Waals surface area contributed by atoms with Crippen molar-refractivity contribution in [3.05, 3.63) is 30.1 Å². The summed E-state index contributed by atoms with van der Waals surface area (Å²) in [6, 6.07) is 4.73. The van der Waals surface area contributed by atoms with E-state index >= 15 is 0 Å². The van der Waals surface area contributed by atoms with Crippen molar-refractivity contribution < 1.29 is 9.53 Å². The van der Waals surface area contributed by atoms with E-state index in [2.05, 4.69) is 11.1 Å². The van der Waals surface area contributed by atoms with Crippen molar-refractivity contribution in [3.63, 3.8) is 0 Å². The van der Waals surface area contributed by atoms with E-state index in [0.717, 1.165) is 19.3 Å². The van der Waals surface area contributed by atoms with Crippen LogP contribution in [0.5, 0.6) is 0 Å². The van der Waals surface area contributed by atoms with Gasteiger partial charge < -0.3 is 9.64 Å². The van der Waals surface area contributed by atoms with E-state index in [9.17, 15) is 4.79 Å². The highest BCUT2D eigenvalue weighted by atomic mass is 16.5. The average Bonchev–Trinajstić information content (AvgIpc) is 2.96. The Hall–Kier alpha value is -1.58. The van der Waals surface area contributed by atoms with Crippen LogP contribution in [0.25, 0.3) is 0 Å². The molecule has 1 aromatic rings. The molecule has 0 aliphatic carbocycles. The average molecular weight is 232 g/mol. The van der Waals surface area contributed by atoms with Crippen LogP contribution in [0.15, 0.2) is 24.5 Å². The Morgan fingerprint density at radius 3 is 3.12 bits per heavy atom. The van der Waals surface area contributed by atoms with Gasteiger partial charge in [0.05, 0.1) is 7.11 Å². The summed E-state index contributed by atoms with van der Waals surface area (Å²) in [6.07, 6.45) is 6.76. The number of methoxy groups -OCH3 is 1. The van der Waals surface area contributed by atoms with Crippen LogP contribution in [0, 0.1) is 0 Å².